The Kier molecular flexibility index (Phi) is 14.8. The number of hydrogen-bond donors (Lipinski definition) is 3. The van der Waals surface area contributed by atoms with E-state index in [0.29, 0.717) is 24.5 Å². The maximum absolute atomic E-state index is 13.2. The van der Waals surface area contributed by atoms with Crippen molar-refractivity contribution < 1.29 is 47.6 Å². The van der Waals surface area contributed by atoms with Crippen molar-refractivity contribution in [1.29, 1.82) is 0 Å². The molecule has 0 aliphatic carbocycles. The van der Waals surface area contributed by atoms with Crippen LogP contribution < -0.4 is 21.1 Å². The summed E-state index contributed by atoms with van der Waals surface area (Å²) >= 11 is 0. The fraction of sp³-hybridized carbons (Fsp3) is 0.615. The highest BCUT2D eigenvalue weighted by molar-refractivity contribution is 5.90. The first-order chi connectivity index (χ1) is 18.4. The molecule has 3 atom stereocenters. The molecular formula is C26H41N3O10. The number of nitrogens with one attached hydrogen (secondary N) is 2. The zero-order valence-electron chi connectivity index (χ0n) is 23.4. The summed E-state index contributed by atoms with van der Waals surface area (Å²) in [5.41, 5.74) is 4.95. The van der Waals surface area contributed by atoms with Crippen molar-refractivity contribution in [1.82, 2.24) is 10.6 Å². The number of alkyl carbamates (subject to hydrolysis) is 1. The third-order valence-electron chi connectivity index (χ3n) is 5.03. The molecule has 1 aromatic rings. The van der Waals surface area contributed by atoms with Gasteiger partial charge in [-0.05, 0) is 51.8 Å². The normalized spacial score (nSPS) is 13.5. The van der Waals surface area contributed by atoms with Gasteiger partial charge in [-0.15, -0.1) is 0 Å². The molecule has 0 fully saturated rings. The van der Waals surface area contributed by atoms with E-state index < -0.39 is 47.7 Å². The van der Waals surface area contributed by atoms with E-state index >= 15 is 0 Å². The number of ether oxygens (including phenoxy) is 6. The zero-order valence-corrected chi connectivity index (χ0v) is 23.4. The summed E-state index contributed by atoms with van der Waals surface area (Å²) in [5.74, 6) is -1.66. The van der Waals surface area contributed by atoms with Crippen LogP contribution in [0.25, 0.3) is 0 Å². The van der Waals surface area contributed by atoms with Crippen LogP contribution in [0.5, 0.6) is 5.75 Å². The van der Waals surface area contributed by atoms with Crippen LogP contribution in [-0.2, 0) is 38.1 Å². The fourth-order valence-electron chi connectivity index (χ4n) is 3.28. The number of carbonyl (C=O) groups is 4. The smallest absolute Gasteiger partial charge is 0.408 e. The molecule has 1 rings (SSSR count). The lowest BCUT2D eigenvalue weighted by atomic mass is 10.0. The van der Waals surface area contributed by atoms with Gasteiger partial charge in [-0.3, -0.25) is 9.59 Å². The summed E-state index contributed by atoms with van der Waals surface area (Å²) in [6.07, 6.45) is -2.14. The molecule has 220 valence electrons. The third-order valence-corrected chi connectivity index (χ3v) is 5.03. The molecule has 0 aliphatic heterocycles. The Labute approximate surface area is 228 Å². The molecule has 0 heterocycles. The van der Waals surface area contributed by atoms with Crippen molar-refractivity contribution in [3.63, 3.8) is 0 Å². The minimum atomic E-state index is -1.29. The van der Waals surface area contributed by atoms with E-state index in [1.54, 1.807) is 59.1 Å². The summed E-state index contributed by atoms with van der Waals surface area (Å²) in [4.78, 5) is 49.8. The van der Waals surface area contributed by atoms with Crippen LogP contribution >= 0.6 is 0 Å². The van der Waals surface area contributed by atoms with Gasteiger partial charge >= 0.3 is 12.1 Å². The Morgan fingerprint density at radius 1 is 1.00 bits per heavy atom. The predicted octanol–water partition coefficient (Wildman–Crippen LogP) is 1.58. The Morgan fingerprint density at radius 3 is 2.21 bits per heavy atom. The number of methoxy groups -OCH3 is 2. The van der Waals surface area contributed by atoms with Gasteiger partial charge in [-0.2, -0.15) is 0 Å². The first-order valence-corrected chi connectivity index (χ1v) is 12.5. The van der Waals surface area contributed by atoms with Crippen molar-refractivity contribution >= 4 is 23.9 Å². The molecule has 0 spiro atoms. The van der Waals surface area contributed by atoms with Crippen LogP contribution in [0.1, 0.15) is 52.2 Å². The van der Waals surface area contributed by atoms with Crippen LogP contribution in [0, 0.1) is 0 Å². The van der Waals surface area contributed by atoms with Crippen molar-refractivity contribution in [3.8, 4) is 5.75 Å². The van der Waals surface area contributed by atoms with Gasteiger partial charge in [-0.25, -0.2) is 9.59 Å². The SMILES string of the molecule is CCOC(=O)[C@@H](NC(=O)[C@@H](CCC(N)=O)NC(=O)OC(C)(C)C)[C@@H](OC)c1ccc(OCOCCOC)cc1. The zero-order chi connectivity index (χ0) is 29.4. The van der Waals surface area contributed by atoms with E-state index in [0.717, 1.165) is 0 Å². The summed E-state index contributed by atoms with van der Waals surface area (Å²) in [6.45, 7) is 7.51. The summed E-state index contributed by atoms with van der Waals surface area (Å²) in [6, 6.07) is 4.13. The number of benzene rings is 1. The molecule has 13 heteroatoms. The Bertz CT molecular complexity index is 918. The van der Waals surface area contributed by atoms with Gasteiger partial charge in [0.25, 0.3) is 0 Å². The molecule has 0 aliphatic rings. The maximum Gasteiger partial charge on any atom is 0.408 e. The van der Waals surface area contributed by atoms with E-state index in [-0.39, 0.29) is 26.2 Å². The number of hydrogen-bond acceptors (Lipinski definition) is 10. The quantitative estimate of drug-likeness (QED) is 0.145. The maximum atomic E-state index is 13.2. The minimum absolute atomic E-state index is 0.0231. The molecule has 0 saturated carbocycles. The first kappa shape index (κ1) is 33.6. The van der Waals surface area contributed by atoms with Gasteiger partial charge in [-0.1, -0.05) is 12.1 Å². The van der Waals surface area contributed by atoms with Gasteiger partial charge in [0, 0.05) is 20.6 Å². The molecule has 3 amide bonds. The Balaban J connectivity index is 3.09. The van der Waals surface area contributed by atoms with Crippen LogP contribution in [0.15, 0.2) is 24.3 Å². The van der Waals surface area contributed by atoms with Crippen LogP contribution in [-0.4, -0.2) is 82.4 Å². The number of esters is 1. The third kappa shape index (κ3) is 13.3. The highest BCUT2D eigenvalue weighted by Gasteiger charge is 2.35. The highest BCUT2D eigenvalue weighted by atomic mass is 16.7. The summed E-state index contributed by atoms with van der Waals surface area (Å²) in [7, 11) is 2.94. The number of amides is 3. The summed E-state index contributed by atoms with van der Waals surface area (Å²) in [5, 5.41) is 5.02. The van der Waals surface area contributed by atoms with Crippen molar-refractivity contribution in [3.05, 3.63) is 29.8 Å². The molecule has 0 bridgehead atoms. The second-order valence-corrected chi connectivity index (χ2v) is 9.33. The van der Waals surface area contributed by atoms with E-state index in [4.69, 9.17) is 34.2 Å². The molecular weight excluding hydrogens is 514 g/mol. The molecule has 0 radical (unpaired) electrons. The molecule has 0 unspecified atom stereocenters. The van der Waals surface area contributed by atoms with Crippen LogP contribution in [0.2, 0.25) is 0 Å². The Morgan fingerprint density at radius 2 is 1.67 bits per heavy atom. The standard InChI is InChI=1S/C26H41N3O10/c1-7-37-24(32)21(22(35-6)17-8-10-18(11-9-17)38-16-36-15-14-34-5)29-23(31)19(12-13-20(27)30)28-25(33)39-26(2,3)4/h8-11,19,21-22H,7,12-16H2,1-6H3,(H2,27,30)(H,28,33)(H,29,31)/t19-,21+,22+/m1/s1. The molecule has 39 heavy (non-hydrogen) atoms. The number of primary amides is 1. The lowest BCUT2D eigenvalue weighted by Crippen LogP contribution is -2.54. The average molecular weight is 556 g/mol. The van der Waals surface area contributed by atoms with E-state index in [1.165, 1.54) is 7.11 Å². The van der Waals surface area contributed by atoms with E-state index in [9.17, 15) is 19.2 Å². The second-order valence-electron chi connectivity index (χ2n) is 9.33. The van der Waals surface area contributed by atoms with Crippen LogP contribution in [0.3, 0.4) is 0 Å². The average Bonchev–Trinajstić information content (AvgIpc) is 2.85. The monoisotopic (exact) mass is 555 g/mol. The topological polar surface area (TPSA) is 174 Å². The summed E-state index contributed by atoms with van der Waals surface area (Å²) < 4.78 is 31.7. The van der Waals surface area contributed by atoms with Crippen LogP contribution in [0.4, 0.5) is 4.79 Å². The number of rotatable bonds is 17. The first-order valence-electron chi connectivity index (χ1n) is 12.5. The van der Waals surface area contributed by atoms with Gasteiger partial charge in [0.15, 0.2) is 12.8 Å². The van der Waals surface area contributed by atoms with Crippen molar-refractivity contribution in [2.24, 2.45) is 5.73 Å². The highest BCUT2D eigenvalue weighted by Crippen LogP contribution is 2.25. The fourth-order valence-corrected chi connectivity index (χ4v) is 3.28. The van der Waals surface area contributed by atoms with Gasteiger partial charge in [0.1, 0.15) is 23.5 Å². The van der Waals surface area contributed by atoms with Crippen molar-refractivity contribution in [2.75, 3.05) is 40.8 Å². The predicted molar refractivity (Wildman–Crippen MR) is 140 cm³/mol. The van der Waals surface area contributed by atoms with Crippen molar-refractivity contribution in [2.45, 2.75) is 64.3 Å². The number of carbonyl (C=O) groups excluding carboxylic acids is 4. The minimum Gasteiger partial charge on any atom is -0.468 e. The lowest BCUT2D eigenvalue weighted by Gasteiger charge is -2.28. The molecule has 13 nitrogen and oxygen atoms in total. The largest absolute Gasteiger partial charge is 0.468 e. The lowest BCUT2D eigenvalue weighted by molar-refractivity contribution is -0.152. The van der Waals surface area contributed by atoms with E-state index in [2.05, 4.69) is 10.6 Å². The molecule has 0 aromatic heterocycles. The second kappa shape index (κ2) is 17.2. The molecule has 4 N–H and O–H groups in total. The van der Waals surface area contributed by atoms with Gasteiger partial charge < -0.3 is 44.8 Å². The Hall–Kier alpha value is -3.42. The van der Waals surface area contributed by atoms with Gasteiger partial charge in [0.05, 0.1) is 19.8 Å². The molecule has 0 saturated heterocycles. The van der Waals surface area contributed by atoms with Gasteiger partial charge in [0.2, 0.25) is 11.8 Å². The molecule has 1 aromatic carbocycles. The van der Waals surface area contributed by atoms with E-state index in [1.807, 2.05) is 0 Å². The number of nitrogens with two attached hydrogens (primary N) is 1.